The predicted molar refractivity (Wildman–Crippen MR) is 124 cm³/mol. The molecule has 1 atom stereocenters. The number of rotatable bonds is 7. The number of benzene rings is 2. The van der Waals surface area contributed by atoms with Crippen molar-refractivity contribution in [2.24, 2.45) is 5.92 Å². The summed E-state index contributed by atoms with van der Waals surface area (Å²) in [6.45, 7) is 7.23. The monoisotopic (exact) mass is 455 g/mol. The summed E-state index contributed by atoms with van der Waals surface area (Å²) in [5.41, 5.74) is 1.13. The third-order valence-electron chi connectivity index (χ3n) is 5.60. The van der Waals surface area contributed by atoms with Crippen LogP contribution in [0, 0.1) is 5.92 Å². The van der Waals surface area contributed by atoms with Gasteiger partial charge < -0.3 is 18.8 Å². The Labute approximate surface area is 191 Å². The highest BCUT2D eigenvalue weighted by atomic mass is 35.5. The van der Waals surface area contributed by atoms with Gasteiger partial charge in [0.2, 0.25) is 5.76 Å². The first-order chi connectivity index (χ1) is 15.3. The molecule has 6 nitrogen and oxygen atoms in total. The Kier molecular flexibility index (Phi) is 6.15. The average molecular weight is 456 g/mol. The number of hydrogen-bond donors (Lipinski definition) is 0. The Hall–Kier alpha value is -2.99. The Morgan fingerprint density at radius 1 is 1.09 bits per heavy atom. The second kappa shape index (κ2) is 8.87. The Bertz CT molecular complexity index is 1230. The van der Waals surface area contributed by atoms with E-state index >= 15 is 0 Å². The van der Waals surface area contributed by atoms with Crippen molar-refractivity contribution in [2.45, 2.75) is 33.2 Å². The first-order valence-electron chi connectivity index (χ1n) is 10.7. The van der Waals surface area contributed by atoms with Gasteiger partial charge in [0.15, 0.2) is 16.9 Å². The van der Waals surface area contributed by atoms with Crippen molar-refractivity contribution in [3.63, 3.8) is 0 Å². The van der Waals surface area contributed by atoms with Crippen LogP contribution < -0.4 is 14.9 Å². The zero-order valence-electron chi connectivity index (χ0n) is 18.6. The van der Waals surface area contributed by atoms with Crippen LogP contribution in [-0.4, -0.2) is 31.1 Å². The van der Waals surface area contributed by atoms with Crippen LogP contribution in [0.5, 0.6) is 11.5 Å². The van der Waals surface area contributed by atoms with Gasteiger partial charge in [-0.15, -0.1) is 0 Å². The van der Waals surface area contributed by atoms with Crippen molar-refractivity contribution in [3.8, 4) is 11.5 Å². The number of nitrogens with zero attached hydrogens (tertiary/aromatic N) is 1. The number of carbonyl (C=O) groups is 1. The molecule has 1 unspecified atom stereocenters. The minimum absolute atomic E-state index is 0.0625. The van der Waals surface area contributed by atoms with E-state index in [0.717, 1.165) is 12.0 Å². The van der Waals surface area contributed by atoms with Crippen molar-refractivity contribution >= 4 is 28.5 Å². The van der Waals surface area contributed by atoms with Gasteiger partial charge in [-0.2, -0.15) is 0 Å². The molecule has 0 bridgehead atoms. The first-order valence-corrected chi connectivity index (χ1v) is 11.1. The molecule has 32 heavy (non-hydrogen) atoms. The van der Waals surface area contributed by atoms with Crippen molar-refractivity contribution < 1.29 is 18.7 Å². The lowest BCUT2D eigenvalue weighted by molar-refractivity contribution is 0.0771. The molecule has 0 spiro atoms. The summed E-state index contributed by atoms with van der Waals surface area (Å²) in [5.74, 6) is 1.47. The summed E-state index contributed by atoms with van der Waals surface area (Å²) >= 11 is 6.10. The normalized spacial score (nSPS) is 15.5. The van der Waals surface area contributed by atoms with Crippen LogP contribution in [0.25, 0.3) is 11.0 Å². The molecule has 1 amide bonds. The van der Waals surface area contributed by atoms with E-state index in [2.05, 4.69) is 13.8 Å². The third kappa shape index (κ3) is 3.95. The second-order valence-electron chi connectivity index (χ2n) is 8.30. The standard InChI is InChI=1S/C25H26ClNO5/c1-5-30-20-12-15(6-8-19(20)31-11-10-14(2)3)22-21-23(28)17-13-16(26)7-9-18(17)32-24(21)25(29)27(22)4/h6-9,12-14,22H,5,10-11H2,1-4H3. The highest BCUT2D eigenvalue weighted by molar-refractivity contribution is 6.31. The molecule has 0 aliphatic carbocycles. The van der Waals surface area contributed by atoms with Crippen LogP contribution in [-0.2, 0) is 0 Å². The molecule has 1 aliphatic heterocycles. The number of halogens is 1. The Morgan fingerprint density at radius 3 is 2.59 bits per heavy atom. The zero-order valence-corrected chi connectivity index (χ0v) is 19.4. The summed E-state index contributed by atoms with van der Waals surface area (Å²) in [6, 6.07) is 9.73. The van der Waals surface area contributed by atoms with Gasteiger partial charge in [0.1, 0.15) is 5.58 Å². The summed E-state index contributed by atoms with van der Waals surface area (Å²) in [7, 11) is 1.66. The second-order valence-corrected chi connectivity index (χ2v) is 8.74. The van der Waals surface area contributed by atoms with E-state index in [0.29, 0.717) is 52.2 Å². The fraction of sp³-hybridized carbons (Fsp3) is 0.360. The maximum absolute atomic E-state index is 13.4. The number of amides is 1. The van der Waals surface area contributed by atoms with Gasteiger partial charge in [0.05, 0.1) is 30.2 Å². The average Bonchev–Trinajstić information content (AvgIpc) is 3.00. The van der Waals surface area contributed by atoms with Crippen molar-refractivity contribution in [3.05, 3.63) is 68.5 Å². The van der Waals surface area contributed by atoms with Gasteiger partial charge in [0.25, 0.3) is 5.91 Å². The van der Waals surface area contributed by atoms with Gasteiger partial charge in [-0.25, -0.2) is 0 Å². The van der Waals surface area contributed by atoms with E-state index in [9.17, 15) is 9.59 Å². The molecule has 0 N–H and O–H groups in total. The number of fused-ring (bicyclic) bond motifs is 2. The lowest BCUT2D eigenvalue weighted by Crippen LogP contribution is -2.25. The summed E-state index contributed by atoms with van der Waals surface area (Å²) < 4.78 is 17.6. The fourth-order valence-electron chi connectivity index (χ4n) is 3.94. The molecule has 168 valence electrons. The Morgan fingerprint density at radius 2 is 1.88 bits per heavy atom. The summed E-state index contributed by atoms with van der Waals surface area (Å²) in [4.78, 5) is 27.8. The lowest BCUT2D eigenvalue weighted by Gasteiger charge is -2.22. The molecular weight excluding hydrogens is 430 g/mol. The van der Waals surface area contributed by atoms with E-state index in [1.165, 1.54) is 4.90 Å². The number of ether oxygens (including phenoxy) is 2. The van der Waals surface area contributed by atoms with Crippen molar-refractivity contribution in [1.29, 1.82) is 0 Å². The van der Waals surface area contributed by atoms with Crippen LogP contribution in [0.3, 0.4) is 0 Å². The van der Waals surface area contributed by atoms with E-state index in [4.69, 9.17) is 25.5 Å². The van der Waals surface area contributed by atoms with Crippen LogP contribution in [0.1, 0.15) is 54.9 Å². The smallest absolute Gasteiger partial charge is 0.290 e. The molecule has 2 aromatic carbocycles. The van der Waals surface area contributed by atoms with E-state index in [1.54, 1.807) is 25.2 Å². The SMILES string of the molecule is CCOc1cc(C2c3c(oc4ccc(Cl)cc4c3=O)C(=O)N2C)ccc1OCCC(C)C. The predicted octanol–water partition coefficient (Wildman–Crippen LogP) is 5.45. The van der Waals surface area contributed by atoms with Gasteiger partial charge in [-0.05, 0) is 55.2 Å². The van der Waals surface area contributed by atoms with E-state index in [-0.39, 0.29) is 17.1 Å². The summed E-state index contributed by atoms with van der Waals surface area (Å²) in [5, 5.41) is 0.781. The number of carbonyl (C=O) groups excluding carboxylic acids is 1. The Balaban J connectivity index is 1.80. The van der Waals surface area contributed by atoms with Crippen LogP contribution in [0.4, 0.5) is 0 Å². The maximum Gasteiger partial charge on any atom is 0.290 e. The maximum atomic E-state index is 13.4. The molecule has 0 saturated heterocycles. The minimum atomic E-state index is -0.596. The molecule has 0 saturated carbocycles. The molecule has 2 heterocycles. The fourth-order valence-corrected chi connectivity index (χ4v) is 4.11. The highest BCUT2D eigenvalue weighted by Crippen LogP contribution is 2.40. The summed E-state index contributed by atoms with van der Waals surface area (Å²) in [6.07, 6.45) is 0.928. The lowest BCUT2D eigenvalue weighted by atomic mass is 9.98. The number of hydrogen-bond acceptors (Lipinski definition) is 5. The molecule has 1 aromatic heterocycles. The third-order valence-corrected chi connectivity index (χ3v) is 5.83. The highest BCUT2D eigenvalue weighted by Gasteiger charge is 2.41. The topological polar surface area (TPSA) is 69.0 Å². The molecule has 3 aromatic rings. The van der Waals surface area contributed by atoms with E-state index < -0.39 is 6.04 Å². The first kappa shape index (κ1) is 22.2. The van der Waals surface area contributed by atoms with Gasteiger partial charge in [-0.3, -0.25) is 9.59 Å². The van der Waals surface area contributed by atoms with Crippen molar-refractivity contribution in [2.75, 3.05) is 20.3 Å². The molecule has 0 fully saturated rings. The zero-order chi connectivity index (χ0) is 23.0. The molecule has 7 heteroatoms. The molecule has 1 aliphatic rings. The quantitative estimate of drug-likeness (QED) is 0.474. The van der Waals surface area contributed by atoms with Crippen LogP contribution in [0.15, 0.2) is 45.6 Å². The van der Waals surface area contributed by atoms with Gasteiger partial charge in [-0.1, -0.05) is 31.5 Å². The molecule has 4 rings (SSSR count). The van der Waals surface area contributed by atoms with Crippen LogP contribution >= 0.6 is 11.6 Å². The molecular formula is C25H26ClNO5. The minimum Gasteiger partial charge on any atom is -0.490 e. The largest absolute Gasteiger partial charge is 0.490 e. The van der Waals surface area contributed by atoms with Crippen LogP contribution in [0.2, 0.25) is 5.02 Å². The van der Waals surface area contributed by atoms with Gasteiger partial charge in [0, 0.05) is 12.1 Å². The molecule has 0 radical (unpaired) electrons. The van der Waals surface area contributed by atoms with E-state index in [1.807, 2.05) is 25.1 Å². The van der Waals surface area contributed by atoms with Crippen molar-refractivity contribution in [1.82, 2.24) is 4.90 Å². The van der Waals surface area contributed by atoms with Gasteiger partial charge >= 0.3 is 0 Å².